The summed E-state index contributed by atoms with van der Waals surface area (Å²) in [4.78, 5) is 33.4. The van der Waals surface area contributed by atoms with Gasteiger partial charge >= 0.3 is 6.01 Å². The van der Waals surface area contributed by atoms with Crippen LogP contribution < -0.4 is 14.5 Å². The maximum atomic E-state index is 12.5. The van der Waals surface area contributed by atoms with Gasteiger partial charge in [-0.1, -0.05) is 63.7 Å². The van der Waals surface area contributed by atoms with Crippen LogP contribution in [0.2, 0.25) is 18.1 Å². The minimum Gasteiger partial charge on any atom is -0.462 e. The van der Waals surface area contributed by atoms with Crippen LogP contribution >= 0.6 is 0 Å². The van der Waals surface area contributed by atoms with E-state index in [4.69, 9.17) is 19.1 Å². The molecule has 3 fully saturated rings. The molecule has 1 aromatic heterocycles. The highest BCUT2D eigenvalue weighted by atomic mass is 28.4. The summed E-state index contributed by atoms with van der Waals surface area (Å²) in [5, 5.41) is 31.0. The highest BCUT2D eigenvalue weighted by Crippen LogP contribution is 2.37. The van der Waals surface area contributed by atoms with Crippen LogP contribution in [0.1, 0.15) is 64.1 Å². The molecule has 5 heterocycles. The predicted octanol–water partition coefficient (Wildman–Crippen LogP) is 5.61. The summed E-state index contributed by atoms with van der Waals surface area (Å²) in [7, 11) is -1.60. The second-order valence-corrected chi connectivity index (χ2v) is 22.9. The smallest absolute Gasteiger partial charge is 0.318 e. The molecule has 3 atom stereocenters. The van der Waals surface area contributed by atoms with Crippen molar-refractivity contribution in [3.8, 4) is 12.1 Å². The molecule has 14 heteroatoms. The lowest BCUT2D eigenvalue weighted by Crippen LogP contribution is -2.55. The molecule has 4 aliphatic rings. The summed E-state index contributed by atoms with van der Waals surface area (Å²) in [5.74, 6) is 0.688. The van der Waals surface area contributed by atoms with Crippen molar-refractivity contribution in [2.24, 2.45) is 0 Å². The van der Waals surface area contributed by atoms with Crippen molar-refractivity contribution in [2.75, 3.05) is 88.6 Å². The second kappa shape index (κ2) is 20.6. The molecule has 0 radical (unpaired) electrons. The van der Waals surface area contributed by atoms with Gasteiger partial charge in [0, 0.05) is 74.6 Å². The number of ether oxygens (including phenoxy) is 1. The summed E-state index contributed by atoms with van der Waals surface area (Å²) in [5.41, 5.74) is 3.23. The third-order valence-electron chi connectivity index (χ3n) is 13.3. The van der Waals surface area contributed by atoms with Gasteiger partial charge in [0.1, 0.15) is 12.4 Å². The minimum absolute atomic E-state index is 0.129. The summed E-state index contributed by atoms with van der Waals surface area (Å²) < 4.78 is 12.5. The third kappa shape index (κ3) is 10.8. The first-order valence-corrected chi connectivity index (χ1v) is 24.9. The minimum atomic E-state index is -1.60. The number of amides is 1. The number of anilines is 2. The lowest BCUT2D eigenvalue weighted by atomic mass is 10.0. The number of carbonyl (C=O) groups is 1. The highest BCUT2D eigenvalue weighted by molar-refractivity contribution is 6.74. The van der Waals surface area contributed by atoms with Gasteiger partial charge in [-0.2, -0.15) is 15.2 Å². The number of aliphatic hydroxyl groups excluding tert-OH is 2. The first kappa shape index (κ1) is 45.4. The first-order chi connectivity index (χ1) is 28.9. The number of aromatic nitrogens is 2. The molecule has 326 valence electrons. The summed E-state index contributed by atoms with van der Waals surface area (Å²) in [6.07, 6.45) is 6.78. The zero-order valence-corrected chi connectivity index (χ0v) is 37.7. The Morgan fingerprint density at radius 3 is 2.40 bits per heavy atom. The van der Waals surface area contributed by atoms with Crippen LogP contribution in [0.5, 0.6) is 6.01 Å². The fourth-order valence-corrected chi connectivity index (χ4v) is 9.88. The molecule has 0 saturated carbocycles. The monoisotopic (exact) mass is 841 g/mol. The fraction of sp³-hybridized carbons (Fsp3) is 0.609. The molecule has 0 aliphatic carbocycles. The first-order valence-electron chi connectivity index (χ1n) is 22.0. The summed E-state index contributed by atoms with van der Waals surface area (Å²) in [6, 6.07) is 17.8. The maximum absolute atomic E-state index is 12.5. The second-order valence-electron chi connectivity index (χ2n) is 18.1. The van der Waals surface area contributed by atoms with Crippen LogP contribution in [0.4, 0.5) is 11.5 Å². The Kier molecular flexibility index (Phi) is 15.6. The van der Waals surface area contributed by atoms with Gasteiger partial charge in [0.15, 0.2) is 8.32 Å². The Morgan fingerprint density at radius 2 is 1.68 bits per heavy atom. The van der Waals surface area contributed by atoms with E-state index >= 15 is 0 Å². The van der Waals surface area contributed by atoms with Gasteiger partial charge < -0.3 is 34.1 Å². The summed E-state index contributed by atoms with van der Waals surface area (Å²) in [6.45, 7) is 23.5. The molecule has 2 aromatic carbocycles. The van der Waals surface area contributed by atoms with Crippen molar-refractivity contribution >= 4 is 36.5 Å². The molecule has 3 aromatic rings. The van der Waals surface area contributed by atoms with E-state index in [1.54, 1.807) is 4.90 Å². The molecular formula is C46H68N8O5Si. The van der Waals surface area contributed by atoms with Crippen LogP contribution in [-0.4, -0.2) is 146 Å². The average molecular weight is 841 g/mol. The molecule has 2 N–H and O–H groups in total. The van der Waals surface area contributed by atoms with Crippen molar-refractivity contribution in [2.45, 2.75) is 102 Å². The normalized spacial score (nSPS) is 21.4. The lowest BCUT2D eigenvalue weighted by Gasteiger charge is -2.42. The van der Waals surface area contributed by atoms with Gasteiger partial charge in [-0.05, 0) is 80.9 Å². The van der Waals surface area contributed by atoms with Crippen molar-refractivity contribution in [3.63, 3.8) is 0 Å². The lowest BCUT2D eigenvalue weighted by molar-refractivity contribution is -0.128. The van der Waals surface area contributed by atoms with E-state index in [9.17, 15) is 20.3 Å². The van der Waals surface area contributed by atoms with Gasteiger partial charge in [-0.15, -0.1) is 0 Å². The number of hydrogen-bond donors (Lipinski definition) is 2. The van der Waals surface area contributed by atoms with Crippen molar-refractivity contribution in [1.82, 2.24) is 24.7 Å². The fourth-order valence-electron chi connectivity index (χ4n) is 8.85. The Hall–Kier alpha value is -4.10. The number of nitrogens with zero attached hydrogens (tertiary/aromatic N) is 8. The highest BCUT2D eigenvalue weighted by Gasteiger charge is 2.38. The Balaban J connectivity index is 0.000000299. The number of benzene rings is 2. The Labute approximate surface area is 358 Å². The van der Waals surface area contributed by atoms with Crippen molar-refractivity contribution in [1.29, 1.82) is 5.26 Å². The number of fused-ring (bicyclic) bond motifs is 2. The molecule has 13 nitrogen and oxygen atoms in total. The molecule has 1 amide bonds. The van der Waals surface area contributed by atoms with Crippen LogP contribution in [0.25, 0.3) is 10.8 Å². The van der Waals surface area contributed by atoms with Crippen molar-refractivity contribution in [3.05, 3.63) is 66.4 Å². The van der Waals surface area contributed by atoms with Gasteiger partial charge in [-0.25, -0.2) is 0 Å². The summed E-state index contributed by atoms with van der Waals surface area (Å²) >= 11 is 0. The number of rotatable bonds is 14. The number of nitriles is 1. The van der Waals surface area contributed by atoms with E-state index in [2.05, 4.69) is 109 Å². The number of β-amino-alcohol motifs (C(OH)–C–C–N with tert-alkyl or cyclic N) is 1. The number of carbonyl (C=O) groups excluding carboxylic acids is 1. The van der Waals surface area contributed by atoms with Gasteiger partial charge in [0.05, 0.1) is 44.0 Å². The van der Waals surface area contributed by atoms with Crippen molar-refractivity contribution < 1.29 is 24.2 Å². The van der Waals surface area contributed by atoms with Gasteiger partial charge in [0.2, 0.25) is 5.91 Å². The topological polar surface area (TPSA) is 142 Å². The van der Waals surface area contributed by atoms with Gasteiger partial charge in [0.25, 0.3) is 0 Å². The van der Waals surface area contributed by atoms with E-state index in [1.807, 2.05) is 0 Å². The SMILES string of the molecule is C=CC(=O)N1CCN(c2nc(OC[C@@H]3CCCN3CCO)nc3c2CCN(c2cccc4ccccc24)C3)C[C@@H]1CC#N.CC(C)(C)[Si](C)(C)OCCN1CCC[C@H]1CO. The molecule has 0 bridgehead atoms. The zero-order chi connectivity index (χ0) is 42.9. The van der Waals surface area contributed by atoms with E-state index in [-0.39, 0.29) is 36.1 Å². The van der Waals surface area contributed by atoms with E-state index in [0.717, 1.165) is 75.5 Å². The largest absolute Gasteiger partial charge is 0.462 e. The number of aliphatic hydroxyl groups is 2. The van der Waals surface area contributed by atoms with Crippen LogP contribution in [0.15, 0.2) is 55.1 Å². The van der Waals surface area contributed by atoms with E-state index in [0.29, 0.717) is 58.0 Å². The standard InChI is InChI=1S/C33H39N7O3.C13H29NO2Si/c1-2-31(42)40-18-17-39(21-25(40)12-14-34)32-28-13-16-38(30-11-5-8-24-7-3-4-10-27(24)30)22-29(28)35-33(36-32)43-23-26-9-6-15-37(26)19-20-41;1-13(2,3)17(4,5)16-10-9-14-8-6-7-12(14)11-15/h2-5,7-8,10-11,25-26,41H,1,6,9,12-13,15-23H2;12,15H,6-11H2,1-5H3/t25-,26-;12-/m00/s1. The third-order valence-corrected chi connectivity index (χ3v) is 17.9. The molecule has 0 spiro atoms. The molecule has 7 rings (SSSR count). The molecule has 60 heavy (non-hydrogen) atoms. The number of likely N-dealkylation sites (tertiary alicyclic amines) is 2. The van der Waals surface area contributed by atoms with Crippen LogP contribution in [0, 0.1) is 11.3 Å². The molecular weight excluding hydrogens is 773 g/mol. The predicted molar refractivity (Wildman–Crippen MR) is 241 cm³/mol. The Bertz CT molecular complexity index is 1950. The molecule has 3 saturated heterocycles. The van der Waals surface area contributed by atoms with E-state index < -0.39 is 8.32 Å². The average Bonchev–Trinajstić information content (AvgIpc) is 3.91. The van der Waals surface area contributed by atoms with E-state index in [1.165, 1.54) is 29.0 Å². The zero-order valence-electron chi connectivity index (χ0n) is 36.7. The quantitative estimate of drug-likeness (QED) is 0.154. The molecule has 4 aliphatic heterocycles. The van der Waals surface area contributed by atoms with Gasteiger partial charge in [-0.3, -0.25) is 14.6 Å². The van der Waals surface area contributed by atoms with Crippen LogP contribution in [-0.2, 0) is 22.2 Å². The Morgan fingerprint density at radius 1 is 0.950 bits per heavy atom. The maximum Gasteiger partial charge on any atom is 0.318 e. The van der Waals surface area contributed by atoms with Crippen LogP contribution in [0.3, 0.4) is 0 Å². The number of piperazine rings is 1. The molecule has 0 unspecified atom stereocenters. The number of hydrogen-bond acceptors (Lipinski definition) is 12.